The van der Waals surface area contributed by atoms with Crippen molar-refractivity contribution in [3.8, 4) is 0 Å². The molecule has 0 amide bonds. The second kappa shape index (κ2) is 20.6. The maximum atomic E-state index is 4.98. The molecule has 306 valence electrons. The fraction of sp³-hybridized carbons (Fsp3) is 0.658. The van der Waals surface area contributed by atoms with E-state index in [-0.39, 0.29) is 32.5 Å². The maximum Gasteiger partial charge on any atom is 0.221 e. The van der Waals surface area contributed by atoms with E-state index in [4.69, 9.17) is 8.94 Å². The molecule has 55 heavy (non-hydrogen) atoms. The molecular weight excluding hydrogens is 737 g/mol. The topological polar surface area (TPSA) is 186 Å². The highest BCUT2D eigenvalue weighted by atomic mass is 32.1. The molecule has 0 bridgehead atoms. The summed E-state index contributed by atoms with van der Waals surface area (Å²) in [6, 6.07) is 3.94. The van der Waals surface area contributed by atoms with Crippen LogP contribution in [0.3, 0.4) is 0 Å². The molecule has 0 unspecified atom stereocenters. The van der Waals surface area contributed by atoms with Crippen LogP contribution in [0.2, 0.25) is 0 Å². The fourth-order valence-electron chi connectivity index (χ4n) is 3.34. The number of nitrogens with zero attached hydrogens (tertiary/aromatic N) is 12. The Morgan fingerprint density at radius 3 is 1.44 bits per heavy atom. The lowest BCUT2D eigenvalue weighted by molar-refractivity contribution is 0.392. The summed E-state index contributed by atoms with van der Waals surface area (Å²) in [6.45, 7) is 37.6. The van der Waals surface area contributed by atoms with Gasteiger partial charge in [0.25, 0.3) is 0 Å². The van der Waals surface area contributed by atoms with Gasteiger partial charge in [-0.3, -0.25) is 4.68 Å². The quantitative estimate of drug-likeness (QED) is 0.141. The average Bonchev–Trinajstić information content (AvgIpc) is 3.91. The van der Waals surface area contributed by atoms with Gasteiger partial charge in [-0.2, -0.15) is 14.5 Å². The monoisotopic (exact) mass is 800 g/mol. The molecule has 0 aliphatic carbocycles. The molecule has 0 spiro atoms. The number of hydrogen-bond donors (Lipinski definition) is 0. The molecule has 6 rings (SSSR count). The molecule has 0 aliphatic rings. The third-order valence-electron chi connectivity index (χ3n) is 6.70. The largest absolute Gasteiger partial charge is 0.427 e. The van der Waals surface area contributed by atoms with E-state index in [2.05, 4.69) is 148 Å². The SMILES string of the molecule is CC(C)(C)c1ccon1.CC(C)(C)c1ncon1.CC(C)(C)c1ncsn1.CC(C)(C)c1nnco1.CC(C)(C)c1nnns1.Cn1ccc(C(C)(C)C)n1. The lowest BCUT2D eigenvalue weighted by Crippen LogP contribution is -2.12. The minimum atomic E-state index is -0.0174. The van der Waals surface area contributed by atoms with Gasteiger partial charge in [0.2, 0.25) is 18.7 Å². The van der Waals surface area contributed by atoms with Crippen LogP contribution in [-0.2, 0) is 39.5 Å². The predicted octanol–water partition coefficient (Wildman–Crippen LogP) is 9.49. The second-order valence-electron chi connectivity index (χ2n) is 18.7. The van der Waals surface area contributed by atoms with Gasteiger partial charge in [-0.1, -0.05) is 139 Å². The summed E-state index contributed by atoms with van der Waals surface area (Å²) in [4.78, 5) is 8.00. The zero-order valence-corrected chi connectivity index (χ0v) is 38.1. The molecule has 0 atom stereocenters. The van der Waals surface area contributed by atoms with Gasteiger partial charge in [-0.05, 0) is 22.8 Å². The normalized spacial score (nSPS) is 11.9. The molecule has 0 aromatic carbocycles. The third-order valence-corrected chi connectivity index (χ3v) is 8.19. The smallest absolute Gasteiger partial charge is 0.221 e. The summed E-state index contributed by atoms with van der Waals surface area (Å²) in [5.74, 6) is 2.37. The molecule has 0 N–H and O–H groups in total. The van der Waals surface area contributed by atoms with E-state index in [0.29, 0.717) is 5.89 Å². The van der Waals surface area contributed by atoms with E-state index in [1.807, 2.05) is 65.5 Å². The molecule has 0 fully saturated rings. The molecule has 6 heterocycles. The van der Waals surface area contributed by atoms with Crippen molar-refractivity contribution in [3.63, 3.8) is 0 Å². The van der Waals surface area contributed by atoms with E-state index in [9.17, 15) is 0 Å². The average molecular weight is 801 g/mol. The molecule has 0 saturated carbocycles. The van der Waals surface area contributed by atoms with E-state index in [1.54, 1.807) is 11.8 Å². The molecule has 0 aliphatic heterocycles. The Balaban J connectivity index is 0.000000330. The molecule has 15 nitrogen and oxygen atoms in total. The molecule has 6 aromatic rings. The van der Waals surface area contributed by atoms with Crippen LogP contribution < -0.4 is 0 Å². The van der Waals surface area contributed by atoms with Crippen molar-refractivity contribution in [3.05, 3.63) is 76.8 Å². The number of hydrogen-bond acceptors (Lipinski definition) is 16. The van der Waals surface area contributed by atoms with Gasteiger partial charge in [0, 0.05) is 63.3 Å². The van der Waals surface area contributed by atoms with Gasteiger partial charge in [-0.25, -0.2) is 4.98 Å². The summed E-state index contributed by atoms with van der Waals surface area (Å²) in [6.07, 6.45) is 6.27. The number of rotatable bonds is 0. The van der Waals surface area contributed by atoms with Gasteiger partial charge in [0.15, 0.2) is 5.82 Å². The van der Waals surface area contributed by atoms with Crippen molar-refractivity contribution in [2.24, 2.45) is 7.05 Å². The molecule has 17 heteroatoms. The van der Waals surface area contributed by atoms with Crippen molar-refractivity contribution in [2.75, 3.05) is 0 Å². The van der Waals surface area contributed by atoms with Crippen LogP contribution in [0.1, 0.15) is 159 Å². The van der Waals surface area contributed by atoms with Crippen LogP contribution in [0.15, 0.2) is 56.4 Å². The van der Waals surface area contributed by atoms with Gasteiger partial charge in [-0.15, -0.1) is 15.3 Å². The van der Waals surface area contributed by atoms with E-state index in [0.717, 1.165) is 28.0 Å². The zero-order chi connectivity index (χ0) is 42.3. The minimum absolute atomic E-state index is 0.00694. The Hall–Kier alpha value is -4.25. The number of aromatic nitrogens is 12. The Bertz CT molecular complexity index is 1540. The van der Waals surface area contributed by atoms with Crippen LogP contribution >= 0.6 is 23.1 Å². The Labute approximate surface area is 335 Å². The maximum absolute atomic E-state index is 4.98. The van der Waals surface area contributed by atoms with Crippen molar-refractivity contribution in [1.82, 2.24) is 59.4 Å². The first-order valence-electron chi connectivity index (χ1n) is 17.9. The van der Waals surface area contributed by atoms with Crippen molar-refractivity contribution < 1.29 is 13.5 Å². The summed E-state index contributed by atoms with van der Waals surface area (Å²) >= 11 is 2.76. The third kappa shape index (κ3) is 19.8. The highest BCUT2D eigenvalue weighted by molar-refractivity contribution is 7.05. The van der Waals surface area contributed by atoms with Crippen molar-refractivity contribution in [2.45, 2.75) is 157 Å². The molecular formula is C38H64N12O3S2. The summed E-state index contributed by atoms with van der Waals surface area (Å²) < 4.78 is 23.9. The number of aryl methyl sites for hydroxylation is 1. The van der Waals surface area contributed by atoms with Crippen molar-refractivity contribution >= 4 is 23.1 Å². The summed E-state index contributed by atoms with van der Waals surface area (Å²) in [5.41, 5.74) is 4.42. The second-order valence-corrected chi connectivity index (χ2v) is 20.0. The Morgan fingerprint density at radius 1 is 0.600 bits per heavy atom. The first kappa shape index (κ1) is 48.8. The molecule has 6 aromatic heterocycles. The first-order chi connectivity index (χ1) is 25.0. The first-order valence-corrected chi connectivity index (χ1v) is 19.5. The molecule has 0 radical (unpaired) electrons. The highest BCUT2D eigenvalue weighted by Crippen LogP contribution is 2.22. The lowest BCUT2D eigenvalue weighted by Gasteiger charge is -2.13. The van der Waals surface area contributed by atoms with Crippen LogP contribution in [0, 0.1) is 0 Å². The van der Waals surface area contributed by atoms with Gasteiger partial charge in [0.1, 0.15) is 22.6 Å². The summed E-state index contributed by atoms with van der Waals surface area (Å²) in [5, 5.41) is 27.5. The van der Waals surface area contributed by atoms with Crippen LogP contribution in [0.4, 0.5) is 0 Å². The summed E-state index contributed by atoms with van der Waals surface area (Å²) in [7, 11) is 1.94. The Kier molecular flexibility index (Phi) is 18.3. The van der Waals surface area contributed by atoms with Gasteiger partial charge < -0.3 is 13.5 Å². The van der Waals surface area contributed by atoms with Crippen LogP contribution in [-0.4, -0.2) is 59.4 Å². The fourth-order valence-corrected chi connectivity index (χ4v) is 4.45. The minimum Gasteiger partial charge on any atom is -0.427 e. The van der Waals surface area contributed by atoms with Crippen molar-refractivity contribution in [1.29, 1.82) is 0 Å². The van der Waals surface area contributed by atoms with Gasteiger partial charge >= 0.3 is 0 Å². The van der Waals surface area contributed by atoms with E-state index in [1.165, 1.54) is 35.9 Å². The lowest BCUT2D eigenvalue weighted by atomic mass is 9.93. The predicted molar refractivity (Wildman–Crippen MR) is 218 cm³/mol. The van der Waals surface area contributed by atoms with E-state index < -0.39 is 0 Å². The van der Waals surface area contributed by atoms with Crippen LogP contribution in [0.5, 0.6) is 0 Å². The van der Waals surface area contributed by atoms with Gasteiger partial charge in [0.05, 0.1) is 11.4 Å². The van der Waals surface area contributed by atoms with Crippen LogP contribution in [0.25, 0.3) is 0 Å². The van der Waals surface area contributed by atoms with E-state index >= 15 is 0 Å². The Morgan fingerprint density at radius 2 is 1.22 bits per heavy atom. The zero-order valence-electron chi connectivity index (χ0n) is 36.4. The standard InChI is InChI=1S/C8H14N2.C7H11NO.2C6H10N2O.C6H10N2S.C5H9N3S/c1-8(2,3)7-5-6-10(4)9-7;1-7(2,3)6-4-5-9-8-6;1-6(2,3)5-8-7-4-9-5;2*1-6(2,3)5-7-4-9-8-5;1-5(2,3)4-6-7-8-9-4/h5-6H,1-4H3;4-5H,1-3H3;3*4H,1-3H3;1-3H3. The molecule has 0 saturated heterocycles. The highest BCUT2D eigenvalue weighted by Gasteiger charge is 2.20.